The lowest BCUT2D eigenvalue weighted by molar-refractivity contribution is -0.110. The molecule has 2 heterocycles. The third kappa shape index (κ3) is 2.44. The van der Waals surface area contributed by atoms with Gasteiger partial charge in [0, 0.05) is 33.6 Å². The van der Waals surface area contributed by atoms with Crippen LogP contribution in [0, 0.1) is 0 Å². The molecule has 1 aromatic carbocycles. The first-order chi connectivity index (χ1) is 11.1. The molecule has 118 valence electrons. The topological polar surface area (TPSA) is 85.0 Å². The number of carbonyl (C=O) groups is 1. The van der Waals surface area contributed by atoms with Gasteiger partial charge in [-0.15, -0.1) is 0 Å². The summed E-state index contributed by atoms with van der Waals surface area (Å²) in [6.07, 6.45) is 8.19. The predicted octanol–water partition coefficient (Wildman–Crippen LogP) is 2.62. The van der Waals surface area contributed by atoms with Crippen LogP contribution in [0.3, 0.4) is 0 Å². The molecule has 6 heteroatoms. The summed E-state index contributed by atoms with van der Waals surface area (Å²) in [6, 6.07) is 4.66. The smallest absolute Gasteiger partial charge is 0.256 e. The van der Waals surface area contributed by atoms with E-state index in [2.05, 4.69) is 10.3 Å². The molecule has 2 N–H and O–H groups in total. The van der Waals surface area contributed by atoms with Gasteiger partial charge in [-0.1, -0.05) is 0 Å². The average molecular weight is 327 g/mol. The molecule has 2 aromatic rings. The normalized spacial score (nSPS) is 19.3. The van der Waals surface area contributed by atoms with Gasteiger partial charge in [0.2, 0.25) is 0 Å². The molecule has 23 heavy (non-hydrogen) atoms. The fourth-order valence-electron chi connectivity index (χ4n) is 3.33. The van der Waals surface area contributed by atoms with Crippen LogP contribution in [0.2, 0.25) is 0 Å². The number of fused-ring (bicyclic) bond motifs is 2. The Morgan fingerprint density at radius 1 is 1.22 bits per heavy atom. The van der Waals surface area contributed by atoms with Gasteiger partial charge in [-0.3, -0.25) is 9.00 Å². The number of amides is 1. The number of aromatic amines is 1. The molecule has 2 aliphatic rings. The number of aryl methyl sites for hydroxylation is 1. The fraction of sp³-hybridized carbons (Fsp3) is 0.235. The lowest BCUT2D eigenvalue weighted by Gasteiger charge is -2.11. The third-order valence-electron chi connectivity index (χ3n) is 4.48. The zero-order chi connectivity index (χ0) is 16.0. The summed E-state index contributed by atoms with van der Waals surface area (Å²) in [6.45, 7) is 0. The lowest BCUT2D eigenvalue weighted by atomic mass is 9.94. The molecule has 1 aromatic heterocycles. The van der Waals surface area contributed by atoms with Crippen molar-refractivity contribution in [2.45, 2.75) is 30.6 Å². The minimum absolute atomic E-state index is 0.183. The van der Waals surface area contributed by atoms with Gasteiger partial charge in [0.05, 0.1) is 0 Å². The van der Waals surface area contributed by atoms with Crippen LogP contribution in [-0.4, -0.2) is 19.7 Å². The summed E-state index contributed by atoms with van der Waals surface area (Å²) >= 11 is -2.31. The van der Waals surface area contributed by atoms with Crippen LogP contribution in [0.5, 0.6) is 0 Å². The molecule has 1 atom stereocenters. The first kappa shape index (κ1) is 14.4. The van der Waals surface area contributed by atoms with Crippen molar-refractivity contribution in [3.8, 4) is 0 Å². The number of hydrogen-bond donors (Lipinski definition) is 2. The maximum absolute atomic E-state index is 12.3. The van der Waals surface area contributed by atoms with Gasteiger partial charge < -0.3 is 14.9 Å². The van der Waals surface area contributed by atoms with Crippen LogP contribution in [0.1, 0.15) is 35.2 Å². The summed E-state index contributed by atoms with van der Waals surface area (Å²) < 4.78 is 22.3. The van der Waals surface area contributed by atoms with Crippen molar-refractivity contribution in [2.75, 3.05) is 5.32 Å². The number of benzene rings is 1. The fourth-order valence-corrected chi connectivity index (χ4v) is 3.73. The van der Waals surface area contributed by atoms with Crippen LogP contribution in [0.15, 0.2) is 29.3 Å². The summed E-state index contributed by atoms with van der Waals surface area (Å²) in [5.74, 6) is -0.195. The second kappa shape index (κ2) is 5.47. The highest BCUT2D eigenvalue weighted by molar-refractivity contribution is 7.79. The van der Waals surface area contributed by atoms with Gasteiger partial charge >= 0.3 is 0 Å². The molecule has 4 rings (SSSR count). The number of carbonyl (C=O) groups excluding carboxylic acids is 1. The number of hydrogen-bond acceptors (Lipinski definition) is 3. The lowest BCUT2D eigenvalue weighted by Crippen LogP contribution is -2.04. The van der Waals surface area contributed by atoms with Crippen molar-refractivity contribution in [1.29, 1.82) is 0 Å². The van der Waals surface area contributed by atoms with E-state index in [9.17, 15) is 13.6 Å². The van der Waals surface area contributed by atoms with Crippen LogP contribution in [0.4, 0.5) is 5.69 Å². The molecule has 5 nitrogen and oxygen atoms in total. The van der Waals surface area contributed by atoms with E-state index in [1.807, 2.05) is 12.3 Å². The van der Waals surface area contributed by atoms with Crippen molar-refractivity contribution in [3.05, 3.63) is 46.8 Å². The Kier molecular flexibility index (Phi) is 3.43. The van der Waals surface area contributed by atoms with Crippen LogP contribution >= 0.6 is 0 Å². The Hall–Kier alpha value is -2.18. The molecular formula is C17H15N2O3S-. The van der Waals surface area contributed by atoms with Crippen LogP contribution < -0.4 is 5.32 Å². The average Bonchev–Trinajstić information content (AvgIpc) is 3.09. The minimum atomic E-state index is -2.31. The van der Waals surface area contributed by atoms with Gasteiger partial charge in [-0.25, -0.2) is 0 Å². The van der Waals surface area contributed by atoms with Crippen LogP contribution in [-0.2, 0) is 28.7 Å². The molecular weight excluding hydrogens is 312 g/mol. The van der Waals surface area contributed by atoms with Crippen molar-refractivity contribution >= 4 is 34.3 Å². The van der Waals surface area contributed by atoms with Crippen molar-refractivity contribution in [1.82, 2.24) is 4.98 Å². The highest BCUT2D eigenvalue weighted by atomic mass is 32.2. The van der Waals surface area contributed by atoms with E-state index in [0.29, 0.717) is 16.8 Å². The van der Waals surface area contributed by atoms with E-state index >= 15 is 0 Å². The summed E-state index contributed by atoms with van der Waals surface area (Å²) in [7, 11) is 0. The Bertz CT molecular complexity index is 867. The minimum Gasteiger partial charge on any atom is -0.768 e. The van der Waals surface area contributed by atoms with Crippen molar-refractivity contribution < 1.29 is 13.6 Å². The zero-order valence-corrected chi connectivity index (χ0v) is 13.2. The Labute approximate surface area is 136 Å². The van der Waals surface area contributed by atoms with E-state index < -0.39 is 11.1 Å². The predicted molar refractivity (Wildman–Crippen MR) is 87.6 cm³/mol. The highest BCUT2D eigenvalue weighted by Crippen LogP contribution is 2.35. The third-order valence-corrected chi connectivity index (χ3v) is 5.12. The summed E-state index contributed by atoms with van der Waals surface area (Å²) in [4.78, 5) is 15.7. The standard InChI is InChI=1S/C17H16N2O3S/c20-17-14(7-10-9-18-15-4-2-1-3-12(10)15)13-8-11(23(21)22)5-6-16(13)19-17/h5-9,18H,1-4H2,(H,19,20)(H,21,22)/p-1. The Balaban J connectivity index is 1.81. The van der Waals surface area contributed by atoms with Gasteiger partial charge in [0.15, 0.2) is 0 Å². The number of H-pyrrole nitrogens is 1. The number of aromatic nitrogens is 1. The van der Waals surface area contributed by atoms with Gasteiger partial charge in [-0.05, 0) is 72.2 Å². The molecule has 0 radical (unpaired) electrons. The second-order valence-corrected chi connectivity index (χ2v) is 6.80. The number of anilines is 1. The van der Waals surface area contributed by atoms with E-state index in [1.54, 1.807) is 12.1 Å². The maximum atomic E-state index is 12.3. The van der Waals surface area contributed by atoms with Crippen LogP contribution in [0.25, 0.3) is 11.6 Å². The molecule has 1 amide bonds. The largest absolute Gasteiger partial charge is 0.768 e. The van der Waals surface area contributed by atoms with Gasteiger partial charge in [0.25, 0.3) is 5.91 Å². The Morgan fingerprint density at radius 3 is 2.87 bits per heavy atom. The highest BCUT2D eigenvalue weighted by Gasteiger charge is 2.25. The molecule has 1 aliphatic carbocycles. The molecule has 0 bridgehead atoms. The van der Waals surface area contributed by atoms with Gasteiger partial charge in [-0.2, -0.15) is 0 Å². The summed E-state index contributed by atoms with van der Waals surface area (Å²) in [5, 5.41) is 2.79. The SMILES string of the molecule is O=C1Nc2ccc(S(=O)[O-])cc2C1=Cc1c[nH]c2c1CCCC2. The molecule has 0 spiro atoms. The zero-order valence-electron chi connectivity index (χ0n) is 12.3. The van der Waals surface area contributed by atoms with E-state index in [4.69, 9.17) is 0 Å². The number of rotatable bonds is 2. The molecule has 1 aliphatic heterocycles. The van der Waals surface area contributed by atoms with Crippen molar-refractivity contribution in [3.63, 3.8) is 0 Å². The van der Waals surface area contributed by atoms with Crippen molar-refractivity contribution in [2.24, 2.45) is 0 Å². The van der Waals surface area contributed by atoms with E-state index in [1.165, 1.54) is 23.7 Å². The summed E-state index contributed by atoms with van der Waals surface area (Å²) in [5.41, 5.74) is 5.35. The van der Waals surface area contributed by atoms with E-state index in [0.717, 1.165) is 24.8 Å². The van der Waals surface area contributed by atoms with E-state index in [-0.39, 0.29) is 10.8 Å². The second-order valence-electron chi connectivity index (χ2n) is 5.86. The Morgan fingerprint density at radius 2 is 2.04 bits per heavy atom. The van der Waals surface area contributed by atoms with Gasteiger partial charge in [0.1, 0.15) is 0 Å². The number of nitrogens with one attached hydrogen (secondary N) is 2. The molecule has 0 saturated carbocycles. The molecule has 1 unspecified atom stereocenters. The quantitative estimate of drug-likeness (QED) is 0.657. The first-order valence-electron chi connectivity index (χ1n) is 7.59. The first-order valence-corrected chi connectivity index (χ1v) is 8.67. The molecule has 0 saturated heterocycles. The maximum Gasteiger partial charge on any atom is 0.256 e. The molecule has 0 fully saturated rings. The monoisotopic (exact) mass is 327 g/mol.